The molecule has 1 aromatic rings. The van der Waals surface area contributed by atoms with Crippen LogP contribution in [-0.4, -0.2) is 65.6 Å². The van der Waals surface area contributed by atoms with Crippen molar-refractivity contribution in [2.75, 3.05) is 27.2 Å². The molecule has 7 heteroatoms. The molecule has 2 heterocycles. The van der Waals surface area contributed by atoms with Crippen molar-refractivity contribution < 1.29 is 23.5 Å². The van der Waals surface area contributed by atoms with Gasteiger partial charge in [-0.15, -0.1) is 0 Å². The molecule has 1 N–H and O–H groups in total. The number of aliphatic hydroxyl groups excluding tert-OH is 1. The van der Waals surface area contributed by atoms with E-state index in [2.05, 4.69) is 18.7 Å². The molecule has 4 aliphatic carbocycles. The summed E-state index contributed by atoms with van der Waals surface area (Å²) in [6, 6.07) is 3.96. The minimum atomic E-state index is -1.89. The molecular formula is C31H41FN2O4. The lowest BCUT2D eigenvalue weighted by Crippen LogP contribution is -2.69. The Kier molecular flexibility index (Phi) is 5.57. The Labute approximate surface area is 224 Å². The van der Waals surface area contributed by atoms with Gasteiger partial charge in [-0.2, -0.15) is 0 Å². The van der Waals surface area contributed by atoms with Crippen molar-refractivity contribution in [3.63, 3.8) is 0 Å². The van der Waals surface area contributed by atoms with Crippen molar-refractivity contribution in [2.45, 2.75) is 65.3 Å². The smallest absolute Gasteiger partial charge is 0.230 e. The highest BCUT2D eigenvalue weighted by Gasteiger charge is 2.78. The molecule has 38 heavy (non-hydrogen) atoms. The summed E-state index contributed by atoms with van der Waals surface area (Å²) in [6.45, 7) is 9.99. The highest BCUT2D eigenvalue weighted by molar-refractivity contribution is 6.01. The predicted octanol–water partition coefficient (Wildman–Crippen LogP) is 4.32. The SMILES string of the molecule is Cc1ccc(CN2C[C@@H]3CC4[C@@H]5C[C@H](C)C6=CC(=O)C=C[C@]6(C)[C@@]5(F)[C@@H](O)C[C@]4(C)[C@]3(C(=O)N(C)C)C2)o1. The number of ketones is 1. The van der Waals surface area contributed by atoms with Gasteiger partial charge in [0.05, 0.1) is 18.1 Å². The summed E-state index contributed by atoms with van der Waals surface area (Å²) in [5.74, 6) is 1.39. The van der Waals surface area contributed by atoms with Crippen LogP contribution in [0.5, 0.6) is 0 Å². The normalized spacial score (nSPS) is 45.7. The number of likely N-dealkylation sites (tertiary alicyclic amines) is 1. The first-order chi connectivity index (χ1) is 17.8. The molecule has 1 aromatic heterocycles. The van der Waals surface area contributed by atoms with Crippen LogP contribution in [0.25, 0.3) is 0 Å². The summed E-state index contributed by atoms with van der Waals surface area (Å²) in [5, 5.41) is 11.8. The van der Waals surface area contributed by atoms with Gasteiger partial charge in [-0.25, -0.2) is 4.39 Å². The number of furan rings is 1. The number of carbonyl (C=O) groups is 2. The molecule has 3 saturated carbocycles. The van der Waals surface area contributed by atoms with Crippen molar-refractivity contribution >= 4 is 11.7 Å². The zero-order valence-electron chi connectivity index (χ0n) is 23.5. The molecule has 1 amide bonds. The number of aliphatic hydroxyl groups is 1. The Morgan fingerprint density at radius 2 is 1.97 bits per heavy atom. The van der Waals surface area contributed by atoms with E-state index < -0.39 is 33.9 Å². The Bertz CT molecular complexity index is 1250. The second-order valence-corrected chi connectivity index (χ2v) is 13.6. The Morgan fingerprint density at radius 3 is 2.63 bits per heavy atom. The van der Waals surface area contributed by atoms with Crippen LogP contribution in [0.3, 0.4) is 0 Å². The number of hydrogen-bond acceptors (Lipinski definition) is 5. The number of rotatable bonds is 3. The van der Waals surface area contributed by atoms with Crippen molar-refractivity contribution in [3.05, 3.63) is 47.5 Å². The van der Waals surface area contributed by atoms with Gasteiger partial charge in [0.1, 0.15) is 11.5 Å². The fourth-order valence-corrected chi connectivity index (χ4v) is 9.94. The number of halogens is 1. The van der Waals surface area contributed by atoms with Crippen LogP contribution in [0.15, 0.2) is 40.4 Å². The van der Waals surface area contributed by atoms with Crippen molar-refractivity contribution in [3.8, 4) is 0 Å². The van der Waals surface area contributed by atoms with Gasteiger partial charge in [-0.3, -0.25) is 14.5 Å². The molecule has 4 fully saturated rings. The van der Waals surface area contributed by atoms with Crippen LogP contribution < -0.4 is 0 Å². The summed E-state index contributed by atoms with van der Waals surface area (Å²) in [7, 11) is 3.62. The van der Waals surface area contributed by atoms with E-state index in [4.69, 9.17) is 4.42 Å². The molecule has 0 aromatic carbocycles. The average molecular weight is 525 g/mol. The minimum absolute atomic E-state index is 0.0250. The summed E-state index contributed by atoms with van der Waals surface area (Å²) in [6.07, 6.45) is 5.10. The number of allylic oxidation sites excluding steroid dienone is 4. The maximum atomic E-state index is 17.7. The molecule has 1 aliphatic heterocycles. The van der Waals surface area contributed by atoms with Gasteiger partial charge in [0, 0.05) is 38.5 Å². The Balaban J connectivity index is 1.42. The topological polar surface area (TPSA) is 74.0 Å². The van der Waals surface area contributed by atoms with E-state index in [0.717, 1.165) is 30.1 Å². The molecule has 206 valence electrons. The molecule has 1 unspecified atom stereocenters. The number of aryl methyl sites for hydroxylation is 1. The number of carbonyl (C=O) groups excluding carboxylic acids is 2. The number of amides is 1. The standard InChI is InChI=1S/C31H41FN2O4/c1-18-11-25-24-12-20-15-34(16-22-8-7-19(2)38-22)17-30(20,27(37)33(5)6)29(24,4)14-26(36)31(25,32)28(3)10-9-21(35)13-23(18)28/h7-10,13,18,20,24-26,36H,11-12,14-17H2,1-6H3/t18-,20-,24?,25-,26-,28-,29-,30+,31-/m0/s1. The van der Waals surface area contributed by atoms with Crippen LogP contribution in [0.4, 0.5) is 4.39 Å². The van der Waals surface area contributed by atoms with E-state index in [-0.39, 0.29) is 35.9 Å². The van der Waals surface area contributed by atoms with Gasteiger partial charge in [-0.1, -0.05) is 25.5 Å². The zero-order valence-corrected chi connectivity index (χ0v) is 23.5. The largest absolute Gasteiger partial charge is 0.465 e. The summed E-state index contributed by atoms with van der Waals surface area (Å²) in [4.78, 5) is 30.5. The second-order valence-electron chi connectivity index (χ2n) is 13.6. The van der Waals surface area contributed by atoms with Gasteiger partial charge in [0.15, 0.2) is 11.5 Å². The molecule has 0 spiro atoms. The monoisotopic (exact) mass is 524 g/mol. The second kappa shape index (κ2) is 8.14. The zero-order chi connectivity index (χ0) is 27.4. The first kappa shape index (κ1) is 26.0. The third-order valence-corrected chi connectivity index (χ3v) is 11.5. The van der Waals surface area contributed by atoms with Crippen LogP contribution in [0.2, 0.25) is 0 Å². The van der Waals surface area contributed by atoms with E-state index in [9.17, 15) is 14.7 Å². The number of hydrogen-bond donors (Lipinski definition) is 1. The number of nitrogens with zero attached hydrogens (tertiary/aromatic N) is 2. The van der Waals surface area contributed by atoms with Crippen LogP contribution >= 0.6 is 0 Å². The summed E-state index contributed by atoms with van der Waals surface area (Å²) < 4.78 is 23.6. The fraction of sp³-hybridized carbons (Fsp3) is 0.677. The van der Waals surface area contributed by atoms with Crippen molar-refractivity contribution in [1.82, 2.24) is 9.80 Å². The molecule has 0 radical (unpaired) electrons. The van der Waals surface area contributed by atoms with Crippen molar-refractivity contribution in [1.29, 1.82) is 0 Å². The average Bonchev–Trinajstić information content (AvgIpc) is 3.49. The molecule has 5 aliphatic rings. The fourth-order valence-electron chi connectivity index (χ4n) is 9.94. The predicted molar refractivity (Wildman–Crippen MR) is 142 cm³/mol. The quantitative estimate of drug-likeness (QED) is 0.638. The van der Waals surface area contributed by atoms with Crippen LogP contribution in [0.1, 0.15) is 51.6 Å². The number of fused-ring (bicyclic) bond motifs is 7. The summed E-state index contributed by atoms with van der Waals surface area (Å²) in [5.41, 5.74) is -3.40. The van der Waals surface area contributed by atoms with E-state index in [0.29, 0.717) is 19.5 Å². The van der Waals surface area contributed by atoms with Crippen LogP contribution in [-0.2, 0) is 16.1 Å². The maximum Gasteiger partial charge on any atom is 0.230 e. The Morgan fingerprint density at radius 1 is 1.24 bits per heavy atom. The van der Waals surface area contributed by atoms with Gasteiger partial charge >= 0.3 is 0 Å². The van der Waals surface area contributed by atoms with E-state index >= 15 is 4.39 Å². The first-order valence-electron chi connectivity index (χ1n) is 14.1. The minimum Gasteiger partial charge on any atom is -0.465 e. The van der Waals surface area contributed by atoms with Gasteiger partial charge in [0.2, 0.25) is 5.91 Å². The molecule has 6 nitrogen and oxygen atoms in total. The Hall–Kier alpha value is -2.25. The highest BCUT2D eigenvalue weighted by Crippen LogP contribution is 2.74. The van der Waals surface area contributed by atoms with Crippen molar-refractivity contribution in [2.24, 2.45) is 39.9 Å². The van der Waals surface area contributed by atoms with Gasteiger partial charge in [-0.05, 0) is 80.6 Å². The first-order valence-corrected chi connectivity index (χ1v) is 14.1. The van der Waals surface area contributed by atoms with E-state index in [1.54, 1.807) is 17.1 Å². The molecule has 6 rings (SSSR count). The van der Waals surface area contributed by atoms with Gasteiger partial charge < -0.3 is 14.4 Å². The third-order valence-electron chi connectivity index (χ3n) is 11.5. The third kappa shape index (κ3) is 3.06. The van der Waals surface area contributed by atoms with Crippen LogP contribution in [0, 0.1) is 46.8 Å². The highest BCUT2D eigenvalue weighted by atomic mass is 19.1. The van der Waals surface area contributed by atoms with E-state index in [1.165, 1.54) is 6.08 Å². The lowest BCUT2D eigenvalue weighted by Gasteiger charge is -2.64. The lowest BCUT2D eigenvalue weighted by molar-refractivity contribution is -0.212. The molecular weight excluding hydrogens is 483 g/mol. The maximum absolute atomic E-state index is 17.7. The summed E-state index contributed by atoms with van der Waals surface area (Å²) >= 11 is 0. The van der Waals surface area contributed by atoms with Gasteiger partial charge in [0.25, 0.3) is 0 Å². The molecule has 1 saturated heterocycles. The lowest BCUT2D eigenvalue weighted by atomic mass is 9.42. The van der Waals surface area contributed by atoms with E-state index in [1.807, 2.05) is 40.1 Å². The molecule has 9 atom stereocenters. The molecule has 0 bridgehead atoms. The number of alkyl halides is 1.